The van der Waals surface area contributed by atoms with Crippen molar-refractivity contribution in [2.45, 2.75) is 32.1 Å². The average Bonchev–Trinajstić information content (AvgIpc) is 2.86. The molecule has 22 heavy (non-hydrogen) atoms. The van der Waals surface area contributed by atoms with Gasteiger partial charge >= 0.3 is 0 Å². The summed E-state index contributed by atoms with van der Waals surface area (Å²) in [5.74, 6) is 1.54. The molecule has 0 saturated heterocycles. The molecule has 0 aliphatic heterocycles. The summed E-state index contributed by atoms with van der Waals surface area (Å²) in [7, 11) is -2.19. The molecule has 2 aromatic rings. The van der Waals surface area contributed by atoms with E-state index in [0.717, 1.165) is 11.1 Å². The molecule has 0 saturated carbocycles. The topological polar surface area (TPSA) is 81.4 Å². The van der Waals surface area contributed by atoms with Gasteiger partial charge in [-0.15, -0.1) is 0 Å². The molecule has 0 radical (unpaired) electrons. The minimum atomic E-state index is -3.65. The van der Waals surface area contributed by atoms with Crippen molar-refractivity contribution in [2.75, 3.05) is 13.7 Å². The molecule has 1 N–H and O–H groups in total. The monoisotopic (exact) mass is 324 g/mol. The highest BCUT2D eigenvalue weighted by Gasteiger charge is 2.20. The number of oxazole rings is 1. The lowest BCUT2D eigenvalue weighted by Crippen LogP contribution is -2.26. The Morgan fingerprint density at radius 1 is 1.23 bits per heavy atom. The molecule has 2 rings (SSSR count). The lowest BCUT2D eigenvalue weighted by Gasteiger charge is -2.12. The number of hydrogen-bond acceptors (Lipinski definition) is 5. The molecule has 7 heteroatoms. The van der Waals surface area contributed by atoms with Gasteiger partial charge in [-0.2, -0.15) is 0 Å². The van der Waals surface area contributed by atoms with Crippen LogP contribution in [0.5, 0.6) is 5.75 Å². The van der Waals surface area contributed by atoms with Crippen molar-refractivity contribution in [3.8, 4) is 5.75 Å². The van der Waals surface area contributed by atoms with Crippen molar-refractivity contribution in [1.29, 1.82) is 0 Å². The normalized spacial score (nSPS) is 11.6. The van der Waals surface area contributed by atoms with Gasteiger partial charge in [-0.25, -0.2) is 18.1 Å². The van der Waals surface area contributed by atoms with Crippen LogP contribution in [0.4, 0.5) is 0 Å². The first-order valence-corrected chi connectivity index (χ1v) is 8.38. The van der Waals surface area contributed by atoms with Crippen LogP contribution >= 0.6 is 0 Å². The van der Waals surface area contributed by atoms with E-state index in [4.69, 9.17) is 9.15 Å². The van der Waals surface area contributed by atoms with Gasteiger partial charge in [0, 0.05) is 13.0 Å². The van der Waals surface area contributed by atoms with Gasteiger partial charge in [-0.1, -0.05) is 0 Å². The Morgan fingerprint density at radius 3 is 2.50 bits per heavy atom. The second-order valence-electron chi connectivity index (χ2n) is 5.10. The standard InChI is InChI=1S/C15H20N2O4S/c1-10-7-13(20-4)14(8-11(10)2)22(18,19)17-6-5-15-16-9-12(3)21-15/h7-9,17H,5-6H2,1-4H3. The summed E-state index contributed by atoms with van der Waals surface area (Å²) >= 11 is 0. The molecule has 1 aromatic heterocycles. The molecule has 0 unspecified atom stereocenters. The van der Waals surface area contributed by atoms with Crippen LogP contribution in [0.1, 0.15) is 22.8 Å². The van der Waals surface area contributed by atoms with E-state index in [1.165, 1.54) is 7.11 Å². The van der Waals surface area contributed by atoms with Crippen LogP contribution < -0.4 is 9.46 Å². The van der Waals surface area contributed by atoms with Gasteiger partial charge in [-0.05, 0) is 44.0 Å². The highest BCUT2D eigenvalue weighted by atomic mass is 32.2. The Bertz CT molecular complexity index is 766. The number of methoxy groups -OCH3 is 1. The Kier molecular flexibility index (Phi) is 4.87. The second kappa shape index (κ2) is 6.50. The first-order valence-electron chi connectivity index (χ1n) is 6.89. The minimum absolute atomic E-state index is 0.140. The van der Waals surface area contributed by atoms with Crippen LogP contribution in [-0.4, -0.2) is 27.1 Å². The van der Waals surface area contributed by atoms with E-state index in [1.807, 2.05) is 13.8 Å². The Morgan fingerprint density at radius 2 is 1.91 bits per heavy atom. The number of hydrogen-bond donors (Lipinski definition) is 1. The van der Waals surface area contributed by atoms with Crippen LogP contribution in [0.25, 0.3) is 0 Å². The zero-order chi connectivity index (χ0) is 16.3. The smallest absolute Gasteiger partial charge is 0.244 e. The molecule has 0 spiro atoms. The van der Waals surface area contributed by atoms with E-state index in [1.54, 1.807) is 25.3 Å². The van der Waals surface area contributed by atoms with E-state index in [-0.39, 0.29) is 11.4 Å². The number of aryl methyl sites for hydroxylation is 3. The number of ether oxygens (including phenoxy) is 1. The highest BCUT2D eigenvalue weighted by molar-refractivity contribution is 7.89. The van der Waals surface area contributed by atoms with Crippen molar-refractivity contribution < 1.29 is 17.6 Å². The van der Waals surface area contributed by atoms with Gasteiger partial charge in [0.15, 0.2) is 5.89 Å². The highest BCUT2D eigenvalue weighted by Crippen LogP contribution is 2.27. The SMILES string of the molecule is COc1cc(C)c(C)cc1S(=O)(=O)NCCc1ncc(C)o1. The zero-order valence-corrected chi connectivity index (χ0v) is 14.0. The predicted octanol–water partition coefficient (Wildman–Crippen LogP) is 2.13. The third-order valence-corrected chi connectivity index (χ3v) is 4.85. The average molecular weight is 324 g/mol. The maximum absolute atomic E-state index is 12.4. The number of nitrogens with zero attached hydrogens (tertiary/aromatic N) is 1. The maximum atomic E-state index is 12.4. The van der Waals surface area contributed by atoms with E-state index in [0.29, 0.717) is 23.8 Å². The first kappa shape index (κ1) is 16.5. The summed E-state index contributed by atoms with van der Waals surface area (Å²) in [5, 5.41) is 0. The fourth-order valence-electron chi connectivity index (χ4n) is 2.02. The van der Waals surface area contributed by atoms with Crippen molar-refractivity contribution in [3.05, 3.63) is 41.1 Å². The van der Waals surface area contributed by atoms with Crippen molar-refractivity contribution >= 4 is 10.0 Å². The molecule has 0 amide bonds. The van der Waals surface area contributed by atoms with Crippen LogP contribution in [0.15, 0.2) is 27.6 Å². The summed E-state index contributed by atoms with van der Waals surface area (Å²) in [6, 6.07) is 3.34. The zero-order valence-electron chi connectivity index (χ0n) is 13.1. The summed E-state index contributed by atoms with van der Waals surface area (Å²) in [6.07, 6.45) is 2.00. The van der Waals surface area contributed by atoms with Gasteiger partial charge in [0.05, 0.1) is 13.3 Å². The molecule has 0 bridgehead atoms. The van der Waals surface area contributed by atoms with Crippen LogP contribution in [0.2, 0.25) is 0 Å². The molecular formula is C15H20N2O4S. The number of sulfonamides is 1. The second-order valence-corrected chi connectivity index (χ2v) is 6.84. The molecular weight excluding hydrogens is 304 g/mol. The van der Waals surface area contributed by atoms with Gasteiger partial charge in [0.2, 0.25) is 10.0 Å². The van der Waals surface area contributed by atoms with Crippen LogP contribution in [0.3, 0.4) is 0 Å². The van der Waals surface area contributed by atoms with Crippen LogP contribution in [-0.2, 0) is 16.4 Å². The first-order chi connectivity index (χ1) is 10.3. The van der Waals surface area contributed by atoms with E-state index >= 15 is 0 Å². The van der Waals surface area contributed by atoms with Crippen molar-refractivity contribution in [3.63, 3.8) is 0 Å². The van der Waals surface area contributed by atoms with Gasteiger partial charge in [0.1, 0.15) is 16.4 Å². The summed E-state index contributed by atoms with van der Waals surface area (Å²) in [5.41, 5.74) is 1.87. The Hall–Kier alpha value is -1.86. The molecule has 0 aliphatic rings. The summed E-state index contributed by atoms with van der Waals surface area (Å²) in [6.45, 7) is 5.77. The number of aromatic nitrogens is 1. The maximum Gasteiger partial charge on any atom is 0.244 e. The Balaban J connectivity index is 2.14. The van der Waals surface area contributed by atoms with Gasteiger partial charge in [0.25, 0.3) is 0 Å². The van der Waals surface area contributed by atoms with E-state index in [2.05, 4.69) is 9.71 Å². The van der Waals surface area contributed by atoms with E-state index < -0.39 is 10.0 Å². The lowest BCUT2D eigenvalue weighted by molar-refractivity contribution is 0.401. The molecule has 6 nitrogen and oxygen atoms in total. The van der Waals surface area contributed by atoms with Crippen molar-refractivity contribution in [1.82, 2.24) is 9.71 Å². The Labute approximate surface area is 130 Å². The van der Waals surface area contributed by atoms with Gasteiger partial charge < -0.3 is 9.15 Å². The third-order valence-electron chi connectivity index (χ3n) is 3.37. The largest absolute Gasteiger partial charge is 0.495 e. The molecule has 0 atom stereocenters. The number of nitrogens with one attached hydrogen (secondary N) is 1. The summed E-state index contributed by atoms with van der Waals surface area (Å²) < 4.78 is 37.9. The predicted molar refractivity (Wildman–Crippen MR) is 82.6 cm³/mol. The third kappa shape index (κ3) is 3.66. The molecule has 120 valence electrons. The quantitative estimate of drug-likeness (QED) is 0.880. The molecule has 0 fully saturated rings. The fraction of sp³-hybridized carbons (Fsp3) is 0.400. The number of benzene rings is 1. The summed E-state index contributed by atoms with van der Waals surface area (Å²) in [4.78, 5) is 4.18. The fourth-order valence-corrected chi connectivity index (χ4v) is 3.29. The minimum Gasteiger partial charge on any atom is -0.495 e. The van der Waals surface area contributed by atoms with Crippen molar-refractivity contribution in [2.24, 2.45) is 0 Å². The molecule has 0 aliphatic carbocycles. The van der Waals surface area contributed by atoms with Crippen LogP contribution in [0, 0.1) is 20.8 Å². The number of rotatable bonds is 6. The van der Waals surface area contributed by atoms with E-state index in [9.17, 15) is 8.42 Å². The molecule has 1 aromatic carbocycles. The lowest BCUT2D eigenvalue weighted by atomic mass is 10.1. The van der Waals surface area contributed by atoms with Gasteiger partial charge in [-0.3, -0.25) is 0 Å². The molecule has 1 heterocycles.